The number of nitrogens with zero attached hydrogens (tertiary/aromatic N) is 1. The molecule has 0 aromatic carbocycles. The molecule has 1 aliphatic heterocycles. The van der Waals surface area contributed by atoms with E-state index in [1.807, 2.05) is 0 Å². The molecule has 0 radical (unpaired) electrons. The number of halogens is 3. The van der Waals surface area contributed by atoms with Gasteiger partial charge < -0.3 is 14.1 Å². The largest absolute Gasteiger partial charge is 0.534 e. The highest BCUT2D eigenvalue weighted by Crippen LogP contribution is 2.37. The van der Waals surface area contributed by atoms with E-state index in [-0.39, 0.29) is 6.54 Å². The van der Waals surface area contributed by atoms with E-state index < -0.39 is 39.0 Å². The minimum Gasteiger partial charge on any atom is -0.448 e. The van der Waals surface area contributed by atoms with Gasteiger partial charge in [-0.3, -0.25) is 0 Å². The molecule has 0 amide bonds. The second kappa shape index (κ2) is 5.37. The summed E-state index contributed by atoms with van der Waals surface area (Å²) >= 11 is 0. The van der Waals surface area contributed by atoms with E-state index in [2.05, 4.69) is 9.02 Å². The summed E-state index contributed by atoms with van der Waals surface area (Å²) in [5, 5.41) is 9.42. The number of hydrogen-bond donors (Lipinski definition) is 1. The monoisotopic (exact) mass is 333 g/mol. The van der Waals surface area contributed by atoms with Crippen molar-refractivity contribution in [3.63, 3.8) is 0 Å². The molecule has 11 heteroatoms. The van der Waals surface area contributed by atoms with Crippen LogP contribution in [0.4, 0.5) is 18.0 Å². The zero-order valence-corrected chi connectivity index (χ0v) is 12.2. The summed E-state index contributed by atoms with van der Waals surface area (Å²) in [6.45, 7) is 4.48. The molecular formula is C10H14F3NO6S. The Morgan fingerprint density at radius 3 is 2.29 bits per heavy atom. The molecule has 1 heterocycles. The summed E-state index contributed by atoms with van der Waals surface area (Å²) in [5.74, 6) is -0.527. The fraction of sp³-hybridized carbons (Fsp3) is 0.700. The molecule has 0 saturated heterocycles. The van der Waals surface area contributed by atoms with Gasteiger partial charge in [-0.15, -0.1) is 5.06 Å². The first-order valence-electron chi connectivity index (χ1n) is 5.64. The van der Waals surface area contributed by atoms with Gasteiger partial charge in [0.25, 0.3) is 0 Å². The fourth-order valence-corrected chi connectivity index (χ4v) is 2.35. The molecule has 1 rings (SSSR count). The molecule has 122 valence electrons. The van der Waals surface area contributed by atoms with Crippen molar-refractivity contribution in [1.82, 2.24) is 5.06 Å². The fourth-order valence-electron chi connectivity index (χ4n) is 1.84. The average molecular weight is 333 g/mol. The van der Waals surface area contributed by atoms with Crippen LogP contribution < -0.4 is 0 Å². The Balaban J connectivity index is 3.05. The summed E-state index contributed by atoms with van der Waals surface area (Å²) < 4.78 is 63.2. The summed E-state index contributed by atoms with van der Waals surface area (Å²) in [6.07, 6.45) is -0.639. The van der Waals surface area contributed by atoms with Crippen LogP contribution in [0.3, 0.4) is 0 Å². The van der Waals surface area contributed by atoms with Crippen LogP contribution in [0.1, 0.15) is 20.8 Å². The van der Waals surface area contributed by atoms with Crippen molar-refractivity contribution in [3.8, 4) is 0 Å². The number of hydroxylamine groups is 2. The highest BCUT2D eigenvalue weighted by atomic mass is 32.2. The SMILES string of the molecule is CC(C)(C)C1C(OS(=O)(=O)C(F)(F)F)=CCN1OC(=O)O. The van der Waals surface area contributed by atoms with E-state index in [0.717, 1.165) is 11.1 Å². The van der Waals surface area contributed by atoms with Gasteiger partial charge in [0.2, 0.25) is 0 Å². The number of alkyl halides is 3. The van der Waals surface area contributed by atoms with E-state index in [4.69, 9.17) is 5.11 Å². The molecule has 0 aromatic rings. The Labute approximate surface area is 119 Å². The van der Waals surface area contributed by atoms with Crippen molar-refractivity contribution in [2.24, 2.45) is 5.41 Å². The van der Waals surface area contributed by atoms with Crippen LogP contribution in [0, 0.1) is 5.41 Å². The first-order valence-corrected chi connectivity index (χ1v) is 7.05. The van der Waals surface area contributed by atoms with Crippen molar-refractivity contribution in [1.29, 1.82) is 0 Å². The third-order valence-corrected chi connectivity index (χ3v) is 3.51. The van der Waals surface area contributed by atoms with Gasteiger partial charge >= 0.3 is 21.8 Å². The van der Waals surface area contributed by atoms with Crippen LogP contribution in [0.15, 0.2) is 11.8 Å². The summed E-state index contributed by atoms with van der Waals surface area (Å²) in [5.41, 5.74) is -6.41. The molecule has 1 aliphatic rings. The van der Waals surface area contributed by atoms with Crippen molar-refractivity contribution >= 4 is 16.3 Å². The average Bonchev–Trinajstić information content (AvgIpc) is 2.56. The molecule has 0 saturated carbocycles. The lowest BCUT2D eigenvalue weighted by Crippen LogP contribution is -2.43. The third-order valence-electron chi connectivity index (χ3n) is 2.53. The molecule has 1 atom stereocenters. The maximum Gasteiger partial charge on any atom is 0.534 e. The standard InChI is InChI=1S/C10H14F3NO6S/c1-9(2,3)7-6(4-5-14(7)19-8(15)16)20-21(17,18)10(11,12)13/h4,7H,5H2,1-3H3,(H,15,16). The van der Waals surface area contributed by atoms with Crippen LogP contribution >= 0.6 is 0 Å². The molecule has 1 N–H and O–H groups in total. The second-order valence-electron chi connectivity index (χ2n) is 5.32. The maximum atomic E-state index is 12.3. The number of carbonyl (C=O) groups is 1. The van der Waals surface area contributed by atoms with Gasteiger partial charge in [0, 0.05) is 0 Å². The third kappa shape index (κ3) is 4.00. The van der Waals surface area contributed by atoms with Crippen molar-refractivity contribution in [3.05, 3.63) is 11.8 Å². The quantitative estimate of drug-likeness (QED) is 0.624. The highest BCUT2D eigenvalue weighted by Gasteiger charge is 2.51. The van der Waals surface area contributed by atoms with E-state index in [9.17, 15) is 26.4 Å². The van der Waals surface area contributed by atoms with Crippen LogP contribution in [-0.2, 0) is 19.1 Å². The maximum absolute atomic E-state index is 12.3. The molecule has 0 aromatic heterocycles. The molecule has 0 aliphatic carbocycles. The molecule has 0 spiro atoms. The molecule has 0 bridgehead atoms. The molecule has 7 nitrogen and oxygen atoms in total. The van der Waals surface area contributed by atoms with Crippen molar-refractivity contribution < 1.29 is 40.5 Å². The second-order valence-corrected chi connectivity index (χ2v) is 6.85. The van der Waals surface area contributed by atoms with E-state index in [1.165, 1.54) is 0 Å². The predicted octanol–water partition coefficient (Wildman–Crippen LogP) is 2.08. The minimum absolute atomic E-state index is 0.225. The molecule has 21 heavy (non-hydrogen) atoms. The Kier molecular flexibility index (Phi) is 4.49. The van der Waals surface area contributed by atoms with Crippen LogP contribution in [0.5, 0.6) is 0 Å². The van der Waals surface area contributed by atoms with Gasteiger partial charge in [-0.1, -0.05) is 20.8 Å². The molecule has 0 fully saturated rings. The number of hydrogen-bond acceptors (Lipinski definition) is 6. The lowest BCUT2D eigenvalue weighted by Gasteiger charge is -2.34. The van der Waals surface area contributed by atoms with Crippen LogP contribution in [0.2, 0.25) is 0 Å². The van der Waals surface area contributed by atoms with Gasteiger partial charge in [0.1, 0.15) is 11.8 Å². The number of carboxylic acid groups (broad SMARTS) is 1. The van der Waals surface area contributed by atoms with E-state index >= 15 is 0 Å². The number of rotatable bonds is 3. The topological polar surface area (TPSA) is 93.1 Å². The highest BCUT2D eigenvalue weighted by molar-refractivity contribution is 7.87. The summed E-state index contributed by atoms with van der Waals surface area (Å²) in [4.78, 5) is 15.0. The van der Waals surface area contributed by atoms with E-state index in [1.54, 1.807) is 20.8 Å². The molecule has 1 unspecified atom stereocenters. The van der Waals surface area contributed by atoms with Gasteiger partial charge in [-0.2, -0.15) is 21.6 Å². The molecular weight excluding hydrogens is 319 g/mol. The Morgan fingerprint density at radius 1 is 1.38 bits per heavy atom. The van der Waals surface area contributed by atoms with Gasteiger partial charge in [0.05, 0.1) is 6.54 Å². The van der Waals surface area contributed by atoms with E-state index in [0.29, 0.717) is 0 Å². The lowest BCUT2D eigenvalue weighted by molar-refractivity contribution is -0.149. The normalized spacial score (nSPS) is 21.0. The van der Waals surface area contributed by atoms with Gasteiger partial charge in [-0.25, -0.2) is 4.79 Å². The Hall–Kier alpha value is -1.49. The zero-order valence-electron chi connectivity index (χ0n) is 11.3. The zero-order chi connectivity index (χ0) is 16.6. The Morgan fingerprint density at radius 2 is 1.90 bits per heavy atom. The van der Waals surface area contributed by atoms with Crippen LogP contribution in [0.25, 0.3) is 0 Å². The van der Waals surface area contributed by atoms with Gasteiger partial charge in [-0.05, 0) is 11.5 Å². The first-order chi connectivity index (χ1) is 9.25. The van der Waals surface area contributed by atoms with Crippen molar-refractivity contribution in [2.75, 3.05) is 6.54 Å². The first kappa shape index (κ1) is 17.6. The van der Waals surface area contributed by atoms with Gasteiger partial charge in [0.15, 0.2) is 0 Å². The summed E-state index contributed by atoms with van der Waals surface area (Å²) in [6, 6.07) is -1.11. The Bertz CT molecular complexity index is 548. The van der Waals surface area contributed by atoms with Crippen LogP contribution in [-0.4, -0.2) is 42.8 Å². The summed E-state index contributed by atoms with van der Waals surface area (Å²) in [7, 11) is -5.82. The lowest BCUT2D eigenvalue weighted by atomic mass is 9.86. The van der Waals surface area contributed by atoms with Crippen molar-refractivity contribution in [2.45, 2.75) is 32.3 Å². The smallest absolute Gasteiger partial charge is 0.448 e. The predicted molar refractivity (Wildman–Crippen MR) is 63.2 cm³/mol. The minimum atomic E-state index is -5.82.